The molecule has 1 aliphatic carbocycles. The summed E-state index contributed by atoms with van der Waals surface area (Å²) in [5, 5.41) is 19.9. The highest BCUT2D eigenvalue weighted by molar-refractivity contribution is 6.14. The van der Waals surface area contributed by atoms with Crippen molar-refractivity contribution in [2.24, 2.45) is 0 Å². The molecule has 23 heavy (non-hydrogen) atoms. The quantitative estimate of drug-likeness (QED) is 0.850. The predicted octanol–water partition coefficient (Wildman–Crippen LogP) is 3.25. The van der Waals surface area contributed by atoms with Gasteiger partial charge in [0.25, 0.3) is 0 Å². The number of aryl methyl sites for hydroxylation is 1. The van der Waals surface area contributed by atoms with E-state index in [1.165, 1.54) is 0 Å². The molecule has 2 N–H and O–H groups in total. The standard InChI is InChI=1S/C19H18O4/c1-3-11-9-10-14-13-7-5-6-8-15(13)19(17(20)21,18(22)23)16(14)12(11)4-2/h5-10H,3-4H2,1-2H3,(H,20,21)(H,22,23). The summed E-state index contributed by atoms with van der Waals surface area (Å²) >= 11 is 0. The molecule has 0 atom stereocenters. The van der Waals surface area contributed by atoms with Gasteiger partial charge in [0.2, 0.25) is 5.41 Å². The Morgan fingerprint density at radius 2 is 1.57 bits per heavy atom. The monoisotopic (exact) mass is 310 g/mol. The number of rotatable bonds is 4. The van der Waals surface area contributed by atoms with Gasteiger partial charge in [0, 0.05) is 0 Å². The van der Waals surface area contributed by atoms with Gasteiger partial charge in [-0.15, -0.1) is 0 Å². The molecule has 2 aromatic rings. The Morgan fingerprint density at radius 3 is 2.13 bits per heavy atom. The lowest BCUT2D eigenvalue weighted by atomic mass is 9.75. The van der Waals surface area contributed by atoms with Gasteiger partial charge >= 0.3 is 11.9 Å². The third-order valence-electron chi connectivity index (χ3n) is 4.78. The van der Waals surface area contributed by atoms with Crippen LogP contribution in [0.3, 0.4) is 0 Å². The number of benzene rings is 2. The maximum absolute atomic E-state index is 12.2. The van der Waals surface area contributed by atoms with Crippen molar-refractivity contribution in [2.75, 3.05) is 0 Å². The van der Waals surface area contributed by atoms with E-state index in [0.29, 0.717) is 23.1 Å². The normalized spacial score (nSPS) is 14.2. The summed E-state index contributed by atoms with van der Waals surface area (Å²) in [4.78, 5) is 24.4. The molecule has 0 unspecified atom stereocenters. The largest absolute Gasteiger partial charge is 0.480 e. The Kier molecular flexibility index (Phi) is 3.48. The van der Waals surface area contributed by atoms with E-state index in [-0.39, 0.29) is 0 Å². The molecule has 0 radical (unpaired) electrons. The van der Waals surface area contributed by atoms with E-state index in [0.717, 1.165) is 23.1 Å². The lowest BCUT2D eigenvalue weighted by molar-refractivity contribution is -0.155. The number of hydrogen-bond acceptors (Lipinski definition) is 2. The van der Waals surface area contributed by atoms with Crippen LogP contribution < -0.4 is 0 Å². The Bertz CT molecular complexity index is 806. The zero-order valence-corrected chi connectivity index (χ0v) is 13.1. The summed E-state index contributed by atoms with van der Waals surface area (Å²) in [5.41, 5.74) is 2.02. The minimum absolute atomic E-state index is 0.345. The zero-order valence-electron chi connectivity index (χ0n) is 13.1. The van der Waals surface area contributed by atoms with Crippen molar-refractivity contribution < 1.29 is 19.8 Å². The van der Waals surface area contributed by atoms with Crippen LogP contribution in [-0.2, 0) is 27.8 Å². The molecule has 0 saturated carbocycles. The van der Waals surface area contributed by atoms with Crippen molar-refractivity contribution in [3.8, 4) is 11.1 Å². The van der Waals surface area contributed by atoms with E-state index < -0.39 is 17.4 Å². The first-order valence-corrected chi connectivity index (χ1v) is 7.71. The Labute approximate surface area is 134 Å². The second-order valence-corrected chi connectivity index (χ2v) is 5.74. The Hall–Kier alpha value is -2.62. The molecule has 0 fully saturated rings. The van der Waals surface area contributed by atoms with Crippen LogP contribution in [0.5, 0.6) is 0 Å². The van der Waals surface area contributed by atoms with Crippen LogP contribution in [0.15, 0.2) is 36.4 Å². The molecule has 0 saturated heterocycles. The van der Waals surface area contributed by atoms with Crippen molar-refractivity contribution in [1.82, 2.24) is 0 Å². The van der Waals surface area contributed by atoms with Gasteiger partial charge < -0.3 is 10.2 Å². The van der Waals surface area contributed by atoms with Gasteiger partial charge in [-0.3, -0.25) is 9.59 Å². The fraction of sp³-hybridized carbons (Fsp3) is 0.263. The molecule has 0 aliphatic heterocycles. The topological polar surface area (TPSA) is 74.6 Å². The lowest BCUT2D eigenvalue weighted by Gasteiger charge is -2.25. The van der Waals surface area contributed by atoms with E-state index in [2.05, 4.69) is 0 Å². The molecule has 2 aromatic carbocycles. The first-order valence-electron chi connectivity index (χ1n) is 7.71. The van der Waals surface area contributed by atoms with E-state index in [1.54, 1.807) is 18.2 Å². The Balaban J connectivity index is 2.53. The van der Waals surface area contributed by atoms with Crippen LogP contribution >= 0.6 is 0 Å². The number of hydrogen-bond donors (Lipinski definition) is 2. The third kappa shape index (κ3) is 1.78. The smallest absolute Gasteiger partial charge is 0.330 e. The molecule has 0 spiro atoms. The highest BCUT2D eigenvalue weighted by Crippen LogP contribution is 2.51. The van der Waals surface area contributed by atoms with Gasteiger partial charge in [0.1, 0.15) is 0 Å². The van der Waals surface area contributed by atoms with Crippen LogP contribution in [0.4, 0.5) is 0 Å². The van der Waals surface area contributed by atoms with Crippen LogP contribution in [0.2, 0.25) is 0 Å². The minimum atomic E-state index is -2.03. The zero-order chi connectivity index (χ0) is 16.8. The van der Waals surface area contributed by atoms with Crippen molar-refractivity contribution in [2.45, 2.75) is 32.1 Å². The van der Waals surface area contributed by atoms with Gasteiger partial charge in [0.15, 0.2) is 0 Å². The summed E-state index contributed by atoms with van der Waals surface area (Å²) in [6.07, 6.45) is 1.34. The van der Waals surface area contributed by atoms with Crippen molar-refractivity contribution in [1.29, 1.82) is 0 Å². The van der Waals surface area contributed by atoms with Crippen LogP contribution in [-0.4, -0.2) is 22.2 Å². The molecule has 0 bridgehead atoms. The molecule has 0 amide bonds. The fourth-order valence-corrected chi connectivity index (χ4v) is 3.79. The maximum Gasteiger partial charge on any atom is 0.330 e. The van der Waals surface area contributed by atoms with Gasteiger partial charge in [-0.05, 0) is 46.2 Å². The first-order chi connectivity index (χ1) is 11.0. The number of aliphatic carboxylic acids is 2. The summed E-state index contributed by atoms with van der Waals surface area (Å²) in [6.45, 7) is 3.93. The average Bonchev–Trinajstić information content (AvgIpc) is 2.85. The van der Waals surface area contributed by atoms with E-state index in [4.69, 9.17) is 0 Å². The summed E-state index contributed by atoms with van der Waals surface area (Å²) in [6, 6.07) is 10.8. The second-order valence-electron chi connectivity index (χ2n) is 5.74. The molecular weight excluding hydrogens is 292 g/mol. The predicted molar refractivity (Wildman–Crippen MR) is 86.7 cm³/mol. The van der Waals surface area contributed by atoms with Crippen molar-refractivity contribution in [3.63, 3.8) is 0 Å². The second kappa shape index (κ2) is 5.23. The Morgan fingerprint density at radius 1 is 0.913 bits per heavy atom. The van der Waals surface area contributed by atoms with E-state index in [1.807, 2.05) is 32.0 Å². The maximum atomic E-state index is 12.2. The minimum Gasteiger partial charge on any atom is -0.480 e. The lowest BCUT2D eigenvalue weighted by Crippen LogP contribution is -2.44. The average molecular weight is 310 g/mol. The van der Waals surface area contributed by atoms with Crippen molar-refractivity contribution >= 4 is 11.9 Å². The van der Waals surface area contributed by atoms with Crippen LogP contribution in [0.25, 0.3) is 11.1 Å². The summed E-state index contributed by atoms with van der Waals surface area (Å²) in [7, 11) is 0. The van der Waals surface area contributed by atoms with Crippen LogP contribution in [0, 0.1) is 0 Å². The first kappa shape index (κ1) is 15.3. The van der Waals surface area contributed by atoms with E-state index >= 15 is 0 Å². The van der Waals surface area contributed by atoms with Crippen LogP contribution in [0.1, 0.15) is 36.1 Å². The third-order valence-corrected chi connectivity index (χ3v) is 4.78. The fourth-order valence-electron chi connectivity index (χ4n) is 3.79. The molecule has 3 rings (SSSR count). The number of carbonyl (C=O) groups is 2. The number of fused-ring (bicyclic) bond motifs is 3. The number of carboxylic acids is 2. The molecular formula is C19H18O4. The molecule has 1 aliphatic rings. The summed E-state index contributed by atoms with van der Waals surface area (Å²) < 4.78 is 0. The van der Waals surface area contributed by atoms with Gasteiger partial charge in [-0.2, -0.15) is 0 Å². The SMILES string of the molecule is CCc1ccc2c(c1CC)C(C(=O)O)(C(=O)O)c1ccccc1-2. The molecule has 0 heterocycles. The highest BCUT2D eigenvalue weighted by Gasteiger charge is 2.57. The molecule has 0 aromatic heterocycles. The van der Waals surface area contributed by atoms with Gasteiger partial charge in [-0.25, -0.2) is 0 Å². The van der Waals surface area contributed by atoms with Gasteiger partial charge in [-0.1, -0.05) is 50.2 Å². The van der Waals surface area contributed by atoms with E-state index in [9.17, 15) is 19.8 Å². The number of carboxylic acid groups (broad SMARTS) is 2. The summed E-state index contributed by atoms with van der Waals surface area (Å²) in [5.74, 6) is -2.67. The van der Waals surface area contributed by atoms with Crippen molar-refractivity contribution in [3.05, 3.63) is 58.7 Å². The molecule has 4 heteroatoms. The molecule has 118 valence electrons. The molecule has 4 nitrogen and oxygen atoms in total. The van der Waals surface area contributed by atoms with Gasteiger partial charge in [0.05, 0.1) is 0 Å². The highest BCUT2D eigenvalue weighted by atomic mass is 16.4.